The quantitative estimate of drug-likeness (QED) is 0.719. The molecule has 0 radical (unpaired) electrons. The van der Waals surface area contributed by atoms with Crippen LogP contribution < -0.4 is 10.6 Å². The lowest BCUT2D eigenvalue weighted by atomic mass is 10.1. The fourth-order valence-corrected chi connectivity index (χ4v) is 1.88. The maximum atomic E-state index is 11.5. The number of rotatable bonds is 8. The van der Waals surface area contributed by atoms with Gasteiger partial charge in [-0.25, -0.2) is 0 Å². The summed E-state index contributed by atoms with van der Waals surface area (Å²) in [5, 5.41) is 6.80. The Balaban J connectivity index is 2.23. The molecule has 0 fully saturated rings. The molecule has 0 bridgehead atoms. The summed E-state index contributed by atoms with van der Waals surface area (Å²) in [6.45, 7) is 3.78. The van der Waals surface area contributed by atoms with Gasteiger partial charge in [-0.05, 0) is 24.6 Å². The monoisotopic (exact) mass is 284 g/mol. The van der Waals surface area contributed by atoms with E-state index in [1.165, 1.54) is 0 Å². The molecule has 106 valence electrons. The van der Waals surface area contributed by atoms with Crippen LogP contribution in [0.4, 0.5) is 0 Å². The van der Waals surface area contributed by atoms with Crippen molar-refractivity contribution in [1.29, 1.82) is 0 Å². The molecule has 0 saturated heterocycles. The lowest BCUT2D eigenvalue weighted by molar-refractivity contribution is -0.121. The van der Waals surface area contributed by atoms with Crippen molar-refractivity contribution in [2.24, 2.45) is 0 Å². The van der Waals surface area contributed by atoms with Gasteiger partial charge in [0.15, 0.2) is 0 Å². The van der Waals surface area contributed by atoms with Crippen LogP contribution in [0.3, 0.4) is 0 Å². The van der Waals surface area contributed by atoms with Crippen LogP contribution in [0.2, 0.25) is 5.02 Å². The van der Waals surface area contributed by atoms with Crippen molar-refractivity contribution in [3.05, 3.63) is 34.9 Å². The molecule has 0 aliphatic carbocycles. The zero-order chi connectivity index (χ0) is 14.1. The fraction of sp³-hybridized carbons (Fsp3) is 0.500. The zero-order valence-electron chi connectivity index (χ0n) is 11.4. The summed E-state index contributed by atoms with van der Waals surface area (Å²) in [5.74, 6) is 0.0304. The Morgan fingerprint density at radius 3 is 2.89 bits per heavy atom. The Hall–Kier alpha value is -1.10. The third kappa shape index (κ3) is 6.57. The molecule has 0 spiro atoms. The lowest BCUT2D eigenvalue weighted by Gasteiger charge is -2.14. The van der Waals surface area contributed by atoms with Crippen molar-refractivity contribution >= 4 is 17.5 Å². The molecule has 2 N–H and O–H groups in total. The number of carbonyl (C=O) groups excluding carboxylic acids is 1. The van der Waals surface area contributed by atoms with Gasteiger partial charge in [0.2, 0.25) is 5.91 Å². The molecule has 0 saturated carbocycles. The van der Waals surface area contributed by atoms with Crippen LogP contribution in [0.1, 0.15) is 24.9 Å². The first-order valence-corrected chi connectivity index (χ1v) is 6.75. The molecule has 1 unspecified atom stereocenters. The fourth-order valence-electron chi connectivity index (χ4n) is 1.68. The predicted octanol–water partition coefficient (Wildman–Crippen LogP) is 2.14. The maximum absolute atomic E-state index is 11.5. The van der Waals surface area contributed by atoms with Crippen molar-refractivity contribution in [2.75, 3.05) is 26.8 Å². The van der Waals surface area contributed by atoms with Gasteiger partial charge in [0.05, 0.1) is 6.61 Å². The van der Waals surface area contributed by atoms with E-state index < -0.39 is 0 Å². The highest BCUT2D eigenvalue weighted by Crippen LogP contribution is 2.16. The molecule has 0 aliphatic rings. The van der Waals surface area contributed by atoms with E-state index in [9.17, 15) is 4.79 Å². The van der Waals surface area contributed by atoms with E-state index in [1.54, 1.807) is 7.11 Å². The maximum Gasteiger partial charge on any atom is 0.221 e. The number of amides is 1. The van der Waals surface area contributed by atoms with E-state index in [0.717, 1.165) is 10.6 Å². The number of hydrogen-bond acceptors (Lipinski definition) is 3. The number of halogens is 1. The van der Waals surface area contributed by atoms with Crippen LogP contribution in [-0.2, 0) is 9.53 Å². The van der Waals surface area contributed by atoms with Crippen LogP contribution in [0, 0.1) is 0 Å². The summed E-state index contributed by atoms with van der Waals surface area (Å²) < 4.78 is 4.86. The normalized spacial score (nSPS) is 12.2. The smallest absolute Gasteiger partial charge is 0.221 e. The highest BCUT2D eigenvalue weighted by molar-refractivity contribution is 6.30. The van der Waals surface area contributed by atoms with Crippen LogP contribution in [-0.4, -0.2) is 32.7 Å². The third-order valence-corrected chi connectivity index (χ3v) is 3.01. The average molecular weight is 285 g/mol. The van der Waals surface area contributed by atoms with E-state index in [1.807, 2.05) is 24.3 Å². The third-order valence-electron chi connectivity index (χ3n) is 2.78. The SMILES string of the molecule is COCCNC(=O)CCNC(C)c1cccc(Cl)c1. The van der Waals surface area contributed by atoms with Gasteiger partial charge in [-0.1, -0.05) is 23.7 Å². The molecule has 1 atom stereocenters. The summed E-state index contributed by atoms with van der Waals surface area (Å²) in [6, 6.07) is 7.89. The van der Waals surface area contributed by atoms with Gasteiger partial charge < -0.3 is 15.4 Å². The molecule has 1 amide bonds. The van der Waals surface area contributed by atoms with Gasteiger partial charge in [-0.3, -0.25) is 4.79 Å². The Labute approximate surface area is 119 Å². The number of nitrogens with one attached hydrogen (secondary N) is 2. The van der Waals surface area contributed by atoms with Gasteiger partial charge in [0.25, 0.3) is 0 Å². The number of ether oxygens (including phenoxy) is 1. The number of hydrogen-bond donors (Lipinski definition) is 2. The van der Waals surface area contributed by atoms with Gasteiger partial charge in [-0.2, -0.15) is 0 Å². The molecule has 0 aromatic heterocycles. The van der Waals surface area contributed by atoms with Crippen molar-refractivity contribution in [3.8, 4) is 0 Å². The first-order valence-electron chi connectivity index (χ1n) is 6.38. The molecular formula is C14H21ClN2O2. The summed E-state index contributed by atoms with van der Waals surface area (Å²) in [7, 11) is 1.61. The zero-order valence-corrected chi connectivity index (χ0v) is 12.2. The van der Waals surface area contributed by atoms with Gasteiger partial charge in [0.1, 0.15) is 0 Å². The number of benzene rings is 1. The molecule has 4 nitrogen and oxygen atoms in total. The van der Waals surface area contributed by atoms with Crippen molar-refractivity contribution in [1.82, 2.24) is 10.6 Å². The van der Waals surface area contributed by atoms with E-state index in [2.05, 4.69) is 17.6 Å². The number of carbonyl (C=O) groups is 1. The van der Waals surface area contributed by atoms with Gasteiger partial charge in [-0.15, -0.1) is 0 Å². The van der Waals surface area contributed by atoms with Crippen molar-refractivity contribution < 1.29 is 9.53 Å². The Morgan fingerprint density at radius 2 is 2.21 bits per heavy atom. The second kappa shape index (κ2) is 8.91. The van der Waals surface area contributed by atoms with E-state index in [4.69, 9.17) is 16.3 Å². The Morgan fingerprint density at radius 1 is 1.42 bits per heavy atom. The van der Waals surface area contributed by atoms with Crippen LogP contribution >= 0.6 is 11.6 Å². The Kier molecular flexibility index (Phi) is 7.48. The molecular weight excluding hydrogens is 264 g/mol. The summed E-state index contributed by atoms with van der Waals surface area (Å²) >= 11 is 5.94. The largest absolute Gasteiger partial charge is 0.383 e. The standard InChI is InChI=1S/C14H21ClN2O2/c1-11(12-4-3-5-13(15)10-12)16-7-6-14(18)17-8-9-19-2/h3-5,10-11,16H,6-9H2,1-2H3,(H,17,18). The van der Waals surface area contributed by atoms with Crippen molar-refractivity contribution in [2.45, 2.75) is 19.4 Å². The molecule has 0 aliphatic heterocycles. The van der Waals surface area contributed by atoms with Crippen LogP contribution in [0.5, 0.6) is 0 Å². The van der Waals surface area contributed by atoms with Gasteiger partial charge >= 0.3 is 0 Å². The highest BCUT2D eigenvalue weighted by atomic mass is 35.5. The Bertz CT molecular complexity index is 399. The van der Waals surface area contributed by atoms with Gasteiger partial charge in [0, 0.05) is 37.7 Å². The topological polar surface area (TPSA) is 50.4 Å². The molecule has 5 heteroatoms. The van der Waals surface area contributed by atoms with E-state index in [0.29, 0.717) is 26.1 Å². The predicted molar refractivity (Wildman–Crippen MR) is 77.4 cm³/mol. The summed E-state index contributed by atoms with van der Waals surface area (Å²) in [6.07, 6.45) is 0.453. The lowest BCUT2D eigenvalue weighted by Crippen LogP contribution is -2.30. The second-order valence-electron chi connectivity index (χ2n) is 4.32. The van der Waals surface area contributed by atoms with E-state index >= 15 is 0 Å². The number of methoxy groups -OCH3 is 1. The molecule has 1 rings (SSSR count). The first-order chi connectivity index (χ1) is 9.13. The summed E-state index contributed by atoms with van der Waals surface area (Å²) in [5.41, 5.74) is 1.12. The average Bonchev–Trinajstić information content (AvgIpc) is 2.39. The first kappa shape index (κ1) is 16.0. The summed E-state index contributed by atoms with van der Waals surface area (Å²) in [4.78, 5) is 11.5. The molecule has 1 aromatic carbocycles. The van der Waals surface area contributed by atoms with Crippen LogP contribution in [0.25, 0.3) is 0 Å². The minimum atomic E-state index is 0.0304. The highest BCUT2D eigenvalue weighted by Gasteiger charge is 2.06. The molecule has 1 aromatic rings. The van der Waals surface area contributed by atoms with Crippen molar-refractivity contribution in [3.63, 3.8) is 0 Å². The van der Waals surface area contributed by atoms with E-state index in [-0.39, 0.29) is 11.9 Å². The molecule has 0 heterocycles. The molecule has 19 heavy (non-hydrogen) atoms. The second-order valence-corrected chi connectivity index (χ2v) is 4.76. The minimum Gasteiger partial charge on any atom is -0.383 e. The minimum absolute atomic E-state index is 0.0304. The van der Waals surface area contributed by atoms with Crippen LogP contribution in [0.15, 0.2) is 24.3 Å².